The smallest absolute Gasteiger partial charge is 0.237 e. The molecule has 3 rings (SSSR count). The van der Waals surface area contributed by atoms with Gasteiger partial charge in [-0.1, -0.05) is 25.0 Å². The monoisotopic (exact) mass is 417 g/mol. The average molecular weight is 418 g/mol. The second-order valence-electron chi connectivity index (χ2n) is 7.61. The molecule has 0 bridgehead atoms. The fourth-order valence-corrected chi connectivity index (χ4v) is 4.29. The summed E-state index contributed by atoms with van der Waals surface area (Å²) in [5.41, 5.74) is 1.15. The number of fused-ring (bicyclic) bond motifs is 1. The number of likely N-dealkylation sites (N-methyl/N-ethyl adjacent to an activating group) is 1. The summed E-state index contributed by atoms with van der Waals surface area (Å²) in [6, 6.07) is 8.71. The highest BCUT2D eigenvalue weighted by atomic mass is 35.5. The maximum Gasteiger partial charge on any atom is 0.237 e. The van der Waals surface area contributed by atoms with Gasteiger partial charge >= 0.3 is 0 Å². The van der Waals surface area contributed by atoms with Crippen LogP contribution < -0.4 is 15.4 Å². The minimum atomic E-state index is -0.0266. The van der Waals surface area contributed by atoms with Crippen molar-refractivity contribution >= 4 is 30.7 Å². The van der Waals surface area contributed by atoms with Crippen LogP contribution in [0.25, 0.3) is 0 Å². The number of nitrogens with zero attached hydrogens (tertiary/aromatic N) is 1. The van der Waals surface area contributed by atoms with Crippen molar-refractivity contribution in [1.82, 2.24) is 15.5 Å². The molecule has 5 nitrogen and oxygen atoms in total. The van der Waals surface area contributed by atoms with E-state index in [1.807, 2.05) is 32.3 Å². The molecule has 0 spiro atoms. The maximum atomic E-state index is 12.7. The molecule has 1 saturated heterocycles. The number of hydrogen-bond donors (Lipinski definition) is 2. The minimum Gasteiger partial charge on any atom is -0.497 e. The summed E-state index contributed by atoms with van der Waals surface area (Å²) in [6.07, 6.45) is 6.09. The number of hydrogen-bond acceptors (Lipinski definition) is 4. The highest BCUT2D eigenvalue weighted by Crippen LogP contribution is 2.33. The van der Waals surface area contributed by atoms with Crippen LogP contribution in [0.5, 0.6) is 5.75 Å². The van der Waals surface area contributed by atoms with Crippen LogP contribution in [0.1, 0.15) is 43.7 Å². The zero-order chi connectivity index (χ0) is 17.8. The Morgan fingerprint density at radius 1 is 1.30 bits per heavy atom. The molecule has 1 aromatic carbocycles. The number of rotatable bonds is 6. The van der Waals surface area contributed by atoms with Gasteiger partial charge in [-0.2, -0.15) is 0 Å². The van der Waals surface area contributed by atoms with Gasteiger partial charge in [0, 0.05) is 12.6 Å². The predicted molar refractivity (Wildman–Crippen MR) is 114 cm³/mol. The number of amides is 1. The van der Waals surface area contributed by atoms with E-state index in [0.717, 1.165) is 17.7 Å². The Bertz CT molecular complexity index is 586. The first-order valence-corrected chi connectivity index (χ1v) is 9.42. The minimum absolute atomic E-state index is 0. The van der Waals surface area contributed by atoms with E-state index in [1.54, 1.807) is 7.11 Å². The molecule has 4 atom stereocenters. The first-order valence-electron chi connectivity index (χ1n) is 9.42. The number of ether oxygens (including phenoxy) is 1. The molecule has 7 heteroatoms. The Kier molecular flexibility index (Phi) is 9.88. The average Bonchev–Trinajstić information content (AvgIpc) is 3.06. The molecular formula is C20H33Cl2N3O2. The lowest BCUT2D eigenvalue weighted by atomic mass is 9.85. The molecule has 2 fully saturated rings. The summed E-state index contributed by atoms with van der Waals surface area (Å²) in [7, 11) is 5.76. The maximum absolute atomic E-state index is 12.7. The molecule has 154 valence electrons. The lowest BCUT2D eigenvalue weighted by molar-refractivity contribution is -0.123. The highest BCUT2D eigenvalue weighted by molar-refractivity contribution is 5.85. The van der Waals surface area contributed by atoms with Crippen molar-refractivity contribution in [1.29, 1.82) is 0 Å². The third kappa shape index (κ3) is 5.98. The Balaban J connectivity index is 0.00000182. The second-order valence-corrected chi connectivity index (χ2v) is 7.61. The Morgan fingerprint density at radius 2 is 2.04 bits per heavy atom. The molecule has 27 heavy (non-hydrogen) atoms. The van der Waals surface area contributed by atoms with Gasteiger partial charge in [-0.15, -0.1) is 24.8 Å². The van der Waals surface area contributed by atoms with E-state index >= 15 is 0 Å². The number of carbonyl (C=O) groups excluding carboxylic acids is 1. The van der Waals surface area contributed by atoms with Crippen LogP contribution in [0.15, 0.2) is 24.3 Å². The van der Waals surface area contributed by atoms with Crippen LogP contribution in [0.4, 0.5) is 0 Å². The van der Waals surface area contributed by atoms with Gasteiger partial charge in [0.15, 0.2) is 0 Å². The van der Waals surface area contributed by atoms with Crippen molar-refractivity contribution in [2.24, 2.45) is 5.92 Å². The summed E-state index contributed by atoms with van der Waals surface area (Å²) >= 11 is 0. The Morgan fingerprint density at radius 3 is 2.70 bits per heavy atom. The van der Waals surface area contributed by atoms with E-state index < -0.39 is 0 Å². The number of halogens is 2. The first-order chi connectivity index (χ1) is 12.1. The van der Waals surface area contributed by atoms with Gasteiger partial charge in [-0.05, 0) is 57.0 Å². The van der Waals surface area contributed by atoms with E-state index in [0.29, 0.717) is 18.5 Å². The van der Waals surface area contributed by atoms with Gasteiger partial charge in [0.05, 0.1) is 19.2 Å². The van der Waals surface area contributed by atoms with Crippen molar-refractivity contribution in [3.63, 3.8) is 0 Å². The summed E-state index contributed by atoms with van der Waals surface area (Å²) in [5, 5.41) is 6.73. The summed E-state index contributed by atoms with van der Waals surface area (Å²) in [4.78, 5) is 14.8. The van der Waals surface area contributed by atoms with E-state index in [4.69, 9.17) is 4.74 Å². The Labute approximate surface area is 175 Å². The van der Waals surface area contributed by atoms with Crippen LogP contribution in [0.3, 0.4) is 0 Å². The fraction of sp³-hybridized carbons (Fsp3) is 0.650. The standard InChI is InChI=1S/C20H31N3O2.2ClH/c1-23(2)19(15-8-6-9-16(11-15)25-3)13-21-20(24)18-12-14-7-4-5-10-17(14)22-18;;/h6,8-9,11,14,17-19,22H,4-5,7,10,12-13H2,1-3H3,(H,21,24);2*1H. The van der Waals surface area contributed by atoms with Gasteiger partial charge in [0.1, 0.15) is 5.75 Å². The quantitative estimate of drug-likeness (QED) is 0.745. The number of methoxy groups -OCH3 is 1. The fourth-order valence-electron chi connectivity index (χ4n) is 4.29. The van der Waals surface area contributed by atoms with Crippen LogP contribution in [-0.4, -0.2) is 50.6 Å². The molecule has 1 saturated carbocycles. The number of carbonyl (C=O) groups is 1. The van der Waals surface area contributed by atoms with Crippen LogP contribution in [0, 0.1) is 5.92 Å². The zero-order valence-electron chi connectivity index (χ0n) is 16.4. The van der Waals surface area contributed by atoms with E-state index in [1.165, 1.54) is 25.7 Å². The van der Waals surface area contributed by atoms with Gasteiger partial charge in [0.25, 0.3) is 0 Å². The SMILES string of the molecule is COc1cccc(C(CNC(=O)C2CC3CCCCC3N2)N(C)C)c1.Cl.Cl. The summed E-state index contributed by atoms with van der Waals surface area (Å²) in [6.45, 7) is 0.604. The van der Waals surface area contributed by atoms with E-state index in [-0.39, 0.29) is 42.8 Å². The van der Waals surface area contributed by atoms with Crippen molar-refractivity contribution in [3.05, 3.63) is 29.8 Å². The van der Waals surface area contributed by atoms with Crippen LogP contribution >= 0.6 is 24.8 Å². The topological polar surface area (TPSA) is 53.6 Å². The molecule has 1 amide bonds. The number of nitrogens with one attached hydrogen (secondary N) is 2. The van der Waals surface area contributed by atoms with Crippen LogP contribution in [0.2, 0.25) is 0 Å². The molecule has 1 heterocycles. The first kappa shape index (κ1) is 24.0. The van der Waals surface area contributed by atoms with Crippen LogP contribution in [-0.2, 0) is 4.79 Å². The molecule has 0 radical (unpaired) electrons. The molecule has 2 N–H and O–H groups in total. The molecule has 1 aliphatic carbocycles. The lowest BCUT2D eigenvalue weighted by Crippen LogP contribution is -2.45. The predicted octanol–water partition coefficient (Wildman–Crippen LogP) is 3.18. The Hall–Kier alpha value is -1.01. The van der Waals surface area contributed by atoms with Crippen molar-refractivity contribution in [2.75, 3.05) is 27.7 Å². The molecule has 1 aromatic rings. The zero-order valence-corrected chi connectivity index (χ0v) is 18.1. The molecule has 0 aromatic heterocycles. The van der Waals surface area contributed by atoms with E-state index in [9.17, 15) is 4.79 Å². The van der Waals surface area contributed by atoms with Gasteiger partial charge < -0.3 is 20.3 Å². The molecular weight excluding hydrogens is 385 g/mol. The summed E-state index contributed by atoms with van der Waals surface area (Å²) in [5.74, 6) is 1.67. The van der Waals surface area contributed by atoms with Gasteiger partial charge in [0.2, 0.25) is 5.91 Å². The third-order valence-electron chi connectivity index (χ3n) is 5.75. The van der Waals surface area contributed by atoms with E-state index in [2.05, 4.69) is 21.6 Å². The van der Waals surface area contributed by atoms with Crippen molar-refractivity contribution in [3.8, 4) is 5.75 Å². The van der Waals surface area contributed by atoms with Crippen molar-refractivity contribution in [2.45, 2.75) is 50.2 Å². The number of benzene rings is 1. The largest absolute Gasteiger partial charge is 0.497 e. The second kappa shape index (κ2) is 11.1. The van der Waals surface area contributed by atoms with Gasteiger partial charge in [-0.3, -0.25) is 4.79 Å². The highest BCUT2D eigenvalue weighted by Gasteiger charge is 2.38. The normalized spacial score (nSPS) is 25.0. The molecule has 4 unspecified atom stereocenters. The molecule has 2 aliphatic rings. The lowest BCUT2D eigenvalue weighted by Gasteiger charge is -2.26. The summed E-state index contributed by atoms with van der Waals surface area (Å²) < 4.78 is 5.33. The van der Waals surface area contributed by atoms with Gasteiger partial charge in [-0.25, -0.2) is 0 Å². The van der Waals surface area contributed by atoms with Crippen molar-refractivity contribution < 1.29 is 9.53 Å². The molecule has 1 aliphatic heterocycles. The third-order valence-corrected chi connectivity index (χ3v) is 5.75.